The average molecular weight is 291 g/mol. The van der Waals surface area contributed by atoms with E-state index in [1.165, 1.54) is 0 Å². The Hall–Kier alpha value is -2.24. The van der Waals surface area contributed by atoms with Crippen molar-refractivity contribution in [1.29, 1.82) is 0 Å². The summed E-state index contributed by atoms with van der Waals surface area (Å²) in [4.78, 5) is 25.2. The van der Waals surface area contributed by atoms with Gasteiger partial charge in [-0.1, -0.05) is 6.92 Å². The number of carbonyl (C=O) groups excluding carboxylic acids is 1. The zero-order valence-corrected chi connectivity index (χ0v) is 11.7. The highest BCUT2D eigenvalue weighted by Gasteiger charge is 2.37. The van der Waals surface area contributed by atoms with Gasteiger partial charge in [-0.3, -0.25) is 9.59 Å². The molecule has 2 heterocycles. The summed E-state index contributed by atoms with van der Waals surface area (Å²) < 4.78 is 10.9. The minimum atomic E-state index is -0.847. The van der Waals surface area contributed by atoms with Gasteiger partial charge in [0.15, 0.2) is 11.5 Å². The third kappa shape index (κ3) is 2.53. The summed E-state index contributed by atoms with van der Waals surface area (Å²) in [5, 5.41) is 9.14. The van der Waals surface area contributed by atoms with Crippen LogP contribution in [0.5, 0.6) is 11.5 Å². The Kier molecular flexibility index (Phi) is 3.45. The number of rotatable bonds is 2. The molecule has 1 fully saturated rings. The van der Waals surface area contributed by atoms with Crippen LogP contribution >= 0.6 is 0 Å². The molecule has 0 spiro atoms. The van der Waals surface area contributed by atoms with Crippen molar-refractivity contribution < 1.29 is 24.2 Å². The third-order valence-electron chi connectivity index (χ3n) is 4.01. The number of carboxylic acid groups (broad SMARTS) is 1. The van der Waals surface area contributed by atoms with Crippen LogP contribution in [-0.4, -0.2) is 48.2 Å². The molecule has 2 atom stereocenters. The number of carboxylic acids is 1. The number of aliphatic carboxylic acids is 1. The van der Waals surface area contributed by atoms with Gasteiger partial charge in [0.2, 0.25) is 0 Å². The molecule has 0 aromatic heterocycles. The summed E-state index contributed by atoms with van der Waals surface area (Å²) >= 11 is 0. The molecule has 2 unspecified atom stereocenters. The SMILES string of the molecule is CC1CN(C(=O)c2ccc3c(c2)OCCO3)CC1C(=O)O. The second kappa shape index (κ2) is 5.27. The second-order valence-electron chi connectivity index (χ2n) is 5.49. The minimum absolute atomic E-state index is 0.0383. The quantitative estimate of drug-likeness (QED) is 0.887. The maximum absolute atomic E-state index is 12.5. The minimum Gasteiger partial charge on any atom is -0.486 e. The first-order chi connectivity index (χ1) is 10.1. The number of likely N-dealkylation sites (tertiary alicyclic amines) is 1. The molecule has 2 aliphatic heterocycles. The van der Waals surface area contributed by atoms with E-state index in [0.717, 1.165) is 0 Å². The van der Waals surface area contributed by atoms with E-state index in [-0.39, 0.29) is 18.4 Å². The molecule has 0 aliphatic carbocycles. The Balaban J connectivity index is 1.78. The molecule has 1 aromatic carbocycles. The lowest BCUT2D eigenvalue weighted by Gasteiger charge is -2.20. The Labute approximate surface area is 122 Å². The summed E-state index contributed by atoms with van der Waals surface area (Å²) in [5.74, 6) is -0.345. The maximum Gasteiger partial charge on any atom is 0.308 e. The number of amides is 1. The third-order valence-corrected chi connectivity index (χ3v) is 4.01. The van der Waals surface area contributed by atoms with E-state index in [2.05, 4.69) is 0 Å². The first-order valence-electron chi connectivity index (χ1n) is 6.98. The van der Waals surface area contributed by atoms with Crippen LogP contribution in [0.2, 0.25) is 0 Å². The lowest BCUT2D eigenvalue weighted by Crippen LogP contribution is -2.30. The Morgan fingerprint density at radius 3 is 2.57 bits per heavy atom. The molecule has 1 aromatic rings. The summed E-state index contributed by atoms with van der Waals surface area (Å²) in [7, 11) is 0. The molecule has 3 rings (SSSR count). The van der Waals surface area contributed by atoms with Crippen LogP contribution < -0.4 is 9.47 Å². The van der Waals surface area contributed by atoms with Crippen LogP contribution in [0.3, 0.4) is 0 Å². The monoisotopic (exact) mass is 291 g/mol. The van der Waals surface area contributed by atoms with Crippen molar-refractivity contribution in [1.82, 2.24) is 4.90 Å². The van der Waals surface area contributed by atoms with Gasteiger partial charge in [0.25, 0.3) is 5.91 Å². The van der Waals surface area contributed by atoms with Crippen LogP contribution in [0.15, 0.2) is 18.2 Å². The predicted octanol–water partition coefficient (Wildman–Crippen LogP) is 1.25. The van der Waals surface area contributed by atoms with Crippen LogP contribution in [0, 0.1) is 11.8 Å². The number of ether oxygens (including phenoxy) is 2. The highest BCUT2D eigenvalue weighted by molar-refractivity contribution is 5.95. The molecular weight excluding hydrogens is 274 g/mol. The van der Waals surface area contributed by atoms with Crippen LogP contribution in [0.25, 0.3) is 0 Å². The van der Waals surface area contributed by atoms with Crippen molar-refractivity contribution in [2.45, 2.75) is 6.92 Å². The summed E-state index contributed by atoms with van der Waals surface area (Å²) in [6.07, 6.45) is 0. The molecule has 1 N–H and O–H groups in total. The van der Waals surface area contributed by atoms with E-state index in [4.69, 9.17) is 14.6 Å². The fourth-order valence-corrected chi connectivity index (χ4v) is 2.81. The lowest BCUT2D eigenvalue weighted by molar-refractivity contribution is -0.142. The maximum atomic E-state index is 12.5. The number of fused-ring (bicyclic) bond motifs is 1. The number of benzene rings is 1. The van der Waals surface area contributed by atoms with E-state index in [0.29, 0.717) is 36.8 Å². The summed E-state index contributed by atoms with van der Waals surface area (Å²) in [5.41, 5.74) is 0.498. The molecule has 2 aliphatic rings. The van der Waals surface area contributed by atoms with Crippen molar-refractivity contribution in [3.8, 4) is 11.5 Å². The molecular formula is C15H17NO5. The van der Waals surface area contributed by atoms with Gasteiger partial charge < -0.3 is 19.5 Å². The zero-order valence-electron chi connectivity index (χ0n) is 11.7. The van der Waals surface area contributed by atoms with Gasteiger partial charge in [-0.25, -0.2) is 0 Å². The normalized spacial score (nSPS) is 24.0. The Morgan fingerprint density at radius 2 is 1.90 bits per heavy atom. The lowest BCUT2D eigenvalue weighted by atomic mass is 9.99. The van der Waals surface area contributed by atoms with Crippen LogP contribution in [-0.2, 0) is 4.79 Å². The van der Waals surface area contributed by atoms with Gasteiger partial charge in [0.05, 0.1) is 5.92 Å². The van der Waals surface area contributed by atoms with Gasteiger partial charge in [0.1, 0.15) is 13.2 Å². The fourth-order valence-electron chi connectivity index (χ4n) is 2.81. The van der Waals surface area contributed by atoms with Crippen molar-refractivity contribution in [3.63, 3.8) is 0 Å². The standard InChI is InChI=1S/C15H17NO5/c1-9-7-16(8-11(9)15(18)19)14(17)10-2-3-12-13(6-10)21-5-4-20-12/h2-3,6,9,11H,4-5,7-8H2,1H3,(H,18,19). The molecule has 0 saturated carbocycles. The number of nitrogens with zero attached hydrogens (tertiary/aromatic N) is 1. The topological polar surface area (TPSA) is 76.1 Å². The van der Waals surface area contributed by atoms with Gasteiger partial charge in [-0.2, -0.15) is 0 Å². The van der Waals surface area contributed by atoms with E-state index in [1.807, 2.05) is 6.92 Å². The number of hydrogen-bond donors (Lipinski definition) is 1. The molecule has 0 bridgehead atoms. The second-order valence-corrected chi connectivity index (χ2v) is 5.49. The van der Waals surface area contributed by atoms with Crippen molar-refractivity contribution in [3.05, 3.63) is 23.8 Å². The van der Waals surface area contributed by atoms with E-state index >= 15 is 0 Å². The fraction of sp³-hybridized carbons (Fsp3) is 0.467. The molecule has 1 saturated heterocycles. The number of hydrogen-bond acceptors (Lipinski definition) is 4. The first kappa shape index (κ1) is 13.7. The van der Waals surface area contributed by atoms with Crippen LogP contribution in [0.4, 0.5) is 0 Å². The molecule has 6 nitrogen and oxygen atoms in total. The zero-order chi connectivity index (χ0) is 15.0. The van der Waals surface area contributed by atoms with Gasteiger partial charge in [0, 0.05) is 18.7 Å². The molecule has 112 valence electrons. The van der Waals surface area contributed by atoms with Gasteiger partial charge in [-0.15, -0.1) is 0 Å². The number of carbonyl (C=O) groups is 2. The van der Waals surface area contributed by atoms with Crippen LogP contribution in [0.1, 0.15) is 17.3 Å². The predicted molar refractivity (Wildman–Crippen MR) is 73.6 cm³/mol. The molecule has 21 heavy (non-hydrogen) atoms. The first-order valence-corrected chi connectivity index (χ1v) is 6.98. The molecule has 1 amide bonds. The highest BCUT2D eigenvalue weighted by atomic mass is 16.6. The van der Waals surface area contributed by atoms with Crippen molar-refractivity contribution >= 4 is 11.9 Å². The summed E-state index contributed by atoms with van der Waals surface area (Å²) in [6.45, 7) is 3.54. The van der Waals surface area contributed by atoms with E-state index in [1.54, 1.807) is 23.1 Å². The highest BCUT2D eigenvalue weighted by Crippen LogP contribution is 2.32. The molecule has 6 heteroatoms. The smallest absolute Gasteiger partial charge is 0.308 e. The van der Waals surface area contributed by atoms with Gasteiger partial charge in [-0.05, 0) is 24.1 Å². The average Bonchev–Trinajstić information content (AvgIpc) is 2.88. The van der Waals surface area contributed by atoms with Crippen molar-refractivity contribution in [2.75, 3.05) is 26.3 Å². The molecule has 0 radical (unpaired) electrons. The Morgan fingerprint density at radius 1 is 1.19 bits per heavy atom. The van der Waals surface area contributed by atoms with E-state index < -0.39 is 11.9 Å². The largest absolute Gasteiger partial charge is 0.486 e. The van der Waals surface area contributed by atoms with Gasteiger partial charge >= 0.3 is 5.97 Å². The summed E-state index contributed by atoms with van der Waals surface area (Å²) in [6, 6.07) is 5.07. The Bertz CT molecular complexity index is 585. The van der Waals surface area contributed by atoms with Crippen molar-refractivity contribution in [2.24, 2.45) is 11.8 Å². The van der Waals surface area contributed by atoms with E-state index in [9.17, 15) is 9.59 Å².